The quantitative estimate of drug-likeness (QED) is 0.160. The second-order valence-electron chi connectivity index (χ2n) is 13.8. The van der Waals surface area contributed by atoms with Gasteiger partial charge in [0, 0.05) is 31.7 Å². The van der Waals surface area contributed by atoms with Crippen molar-refractivity contribution in [3.05, 3.63) is 133 Å². The van der Waals surface area contributed by atoms with E-state index >= 15 is 0 Å². The highest BCUT2D eigenvalue weighted by atomic mass is 16.5. The van der Waals surface area contributed by atoms with E-state index < -0.39 is 0 Å². The second-order valence-corrected chi connectivity index (χ2v) is 13.8. The molecule has 2 fully saturated rings. The van der Waals surface area contributed by atoms with E-state index in [1.165, 1.54) is 16.7 Å². The monoisotopic (exact) mass is 716 g/mol. The van der Waals surface area contributed by atoms with E-state index in [1.54, 1.807) is 0 Å². The number of ether oxygens (including phenoxy) is 3. The Morgan fingerprint density at radius 3 is 1.72 bits per heavy atom. The van der Waals surface area contributed by atoms with Gasteiger partial charge in [-0.05, 0) is 70.6 Å². The highest BCUT2D eigenvalue weighted by Gasteiger charge is 2.16. The van der Waals surface area contributed by atoms with Crippen molar-refractivity contribution in [2.24, 2.45) is 0 Å². The molecule has 0 bridgehead atoms. The molecule has 7 aromatic rings. The van der Waals surface area contributed by atoms with Crippen LogP contribution in [-0.4, -0.2) is 72.5 Å². The number of para-hydroxylation sites is 2. The van der Waals surface area contributed by atoms with Crippen molar-refractivity contribution in [2.45, 2.75) is 19.8 Å². The van der Waals surface area contributed by atoms with Crippen molar-refractivity contribution in [3.63, 3.8) is 0 Å². The van der Waals surface area contributed by atoms with Gasteiger partial charge >= 0.3 is 0 Å². The Morgan fingerprint density at radius 1 is 0.537 bits per heavy atom. The van der Waals surface area contributed by atoms with Gasteiger partial charge in [0.2, 0.25) is 0 Å². The lowest BCUT2D eigenvalue weighted by Crippen LogP contribution is -2.36. The van der Waals surface area contributed by atoms with Crippen LogP contribution in [0.15, 0.2) is 128 Å². The van der Waals surface area contributed by atoms with Crippen LogP contribution in [-0.2, 0) is 9.47 Å². The molecule has 0 radical (unpaired) electrons. The van der Waals surface area contributed by atoms with E-state index in [0.29, 0.717) is 5.92 Å². The molecule has 5 aromatic carbocycles. The lowest BCUT2D eigenvalue weighted by atomic mass is 9.97. The molecule has 0 aliphatic carbocycles. The zero-order chi connectivity index (χ0) is 36.7. The van der Waals surface area contributed by atoms with Crippen LogP contribution in [0.3, 0.4) is 0 Å². The summed E-state index contributed by atoms with van der Waals surface area (Å²) in [5, 5.41) is 0. The van der Waals surface area contributed by atoms with E-state index in [1.807, 2.05) is 67.0 Å². The minimum Gasteiger partial charge on any atom is -0.457 e. The number of hydrogen-bond acceptors (Lipinski definition) is 9. The molecule has 9 nitrogen and oxygen atoms in total. The molecule has 54 heavy (non-hydrogen) atoms. The van der Waals surface area contributed by atoms with Gasteiger partial charge in [-0.2, -0.15) is 0 Å². The molecular formula is C45H44N6O3. The summed E-state index contributed by atoms with van der Waals surface area (Å²) in [4.78, 5) is 23.4. The predicted molar refractivity (Wildman–Crippen MR) is 217 cm³/mol. The first kappa shape index (κ1) is 35.1. The van der Waals surface area contributed by atoms with E-state index in [9.17, 15) is 0 Å². The van der Waals surface area contributed by atoms with Crippen molar-refractivity contribution in [1.29, 1.82) is 0 Å². The van der Waals surface area contributed by atoms with Gasteiger partial charge in [0.1, 0.15) is 23.1 Å². The summed E-state index contributed by atoms with van der Waals surface area (Å²) in [6.45, 7) is 10.8. The smallest absolute Gasteiger partial charge is 0.148 e. The Labute approximate surface area is 316 Å². The molecule has 9 rings (SSSR count). The van der Waals surface area contributed by atoms with Gasteiger partial charge in [-0.15, -0.1) is 0 Å². The minimum absolute atomic E-state index is 0.521. The third-order valence-corrected chi connectivity index (χ3v) is 9.78. The van der Waals surface area contributed by atoms with Crippen molar-refractivity contribution in [2.75, 3.05) is 62.4 Å². The van der Waals surface area contributed by atoms with Crippen LogP contribution in [0.2, 0.25) is 0 Å². The van der Waals surface area contributed by atoms with E-state index in [-0.39, 0.29) is 0 Å². The summed E-state index contributed by atoms with van der Waals surface area (Å²) < 4.78 is 17.0. The maximum atomic E-state index is 6.14. The Hall–Kier alpha value is -5.90. The van der Waals surface area contributed by atoms with Crippen LogP contribution < -0.4 is 14.5 Å². The van der Waals surface area contributed by atoms with Gasteiger partial charge in [0.05, 0.1) is 60.9 Å². The number of morpholine rings is 2. The molecule has 2 aromatic heterocycles. The average molecular weight is 717 g/mol. The molecule has 0 spiro atoms. The molecule has 0 amide bonds. The molecule has 0 atom stereocenters. The topological polar surface area (TPSA) is 85.7 Å². The standard InChI is InChI=1S/C24H21N3O2.C21H23N3O/c1-2-6-19(7-3-1)29-23-9-5-4-8-20(23)18-10-11-21-22(16-18)26-24(17-25-21)27-12-14-28-15-13-27;1-15(2)16-4-3-5-17(12-16)18-6-7-19-20(13-18)23-21(14-22-19)24-8-10-25-11-9-24/h1-11,16-17H,12-15H2;3-7,12-15H,8-11H2,1-2H3. The van der Waals surface area contributed by atoms with Gasteiger partial charge in [-0.25, -0.2) is 9.97 Å². The first-order chi connectivity index (χ1) is 26.6. The summed E-state index contributed by atoms with van der Waals surface area (Å²) in [5.41, 5.74) is 9.47. The number of rotatable bonds is 7. The van der Waals surface area contributed by atoms with Crippen LogP contribution in [0.1, 0.15) is 25.3 Å². The summed E-state index contributed by atoms with van der Waals surface area (Å²) in [5.74, 6) is 3.98. The number of aromatic nitrogens is 4. The fourth-order valence-corrected chi connectivity index (χ4v) is 6.73. The van der Waals surface area contributed by atoms with Crippen molar-refractivity contribution < 1.29 is 14.2 Å². The Balaban J connectivity index is 0.000000155. The van der Waals surface area contributed by atoms with Crippen molar-refractivity contribution in [1.82, 2.24) is 19.9 Å². The normalized spacial score (nSPS) is 14.6. The predicted octanol–water partition coefficient (Wildman–Crippen LogP) is 9.18. The SMILES string of the molecule is CC(C)c1cccc(-c2ccc3ncc(N4CCOCC4)nc3c2)c1.c1ccc(Oc2ccccc2-c2ccc3ncc(N4CCOCC4)nc3c2)cc1. The first-order valence-electron chi connectivity index (χ1n) is 18.7. The van der Waals surface area contributed by atoms with Gasteiger partial charge in [0.25, 0.3) is 0 Å². The molecule has 2 saturated heterocycles. The van der Waals surface area contributed by atoms with Gasteiger partial charge in [-0.1, -0.05) is 86.6 Å². The third kappa shape index (κ3) is 8.17. The van der Waals surface area contributed by atoms with Gasteiger partial charge < -0.3 is 24.0 Å². The fraction of sp³-hybridized carbons (Fsp3) is 0.244. The number of hydrogen-bond donors (Lipinski definition) is 0. The Kier molecular flexibility index (Phi) is 10.7. The van der Waals surface area contributed by atoms with Crippen LogP contribution in [0.4, 0.5) is 11.6 Å². The Bertz CT molecular complexity index is 2340. The molecule has 0 unspecified atom stereocenters. The summed E-state index contributed by atoms with van der Waals surface area (Å²) in [7, 11) is 0. The molecule has 0 N–H and O–H groups in total. The van der Waals surface area contributed by atoms with Crippen LogP contribution >= 0.6 is 0 Å². The van der Waals surface area contributed by atoms with Crippen LogP contribution in [0.25, 0.3) is 44.3 Å². The fourth-order valence-electron chi connectivity index (χ4n) is 6.73. The molecule has 4 heterocycles. The number of anilines is 2. The molecule has 2 aliphatic heterocycles. The molecule has 9 heteroatoms. The first-order valence-corrected chi connectivity index (χ1v) is 18.7. The highest BCUT2D eigenvalue weighted by molar-refractivity contribution is 5.84. The van der Waals surface area contributed by atoms with E-state index in [0.717, 1.165) is 109 Å². The average Bonchev–Trinajstić information content (AvgIpc) is 3.24. The maximum absolute atomic E-state index is 6.14. The zero-order valence-corrected chi connectivity index (χ0v) is 30.8. The Morgan fingerprint density at radius 2 is 1.09 bits per heavy atom. The lowest BCUT2D eigenvalue weighted by Gasteiger charge is -2.27. The summed E-state index contributed by atoms with van der Waals surface area (Å²) >= 11 is 0. The van der Waals surface area contributed by atoms with Crippen LogP contribution in [0.5, 0.6) is 11.5 Å². The van der Waals surface area contributed by atoms with Crippen LogP contribution in [0, 0.1) is 0 Å². The lowest BCUT2D eigenvalue weighted by molar-refractivity contribution is 0.122. The summed E-state index contributed by atoms with van der Waals surface area (Å²) in [6, 6.07) is 39.1. The third-order valence-electron chi connectivity index (χ3n) is 9.78. The zero-order valence-electron chi connectivity index (χ0n) is 30.8. The summed E-state index contributed by atoms with van der Waals surface area (Å²) in [6.07, 6.45) is 3.71. The van der Waals surface area contributed by atoms with Crippen molar-refractivity contribution in [3.8, 4) is 33.8 Å². The van der Waals surface area contributed by atoms with Gasteiger partial charge in [0.15, 0.2) is 0 Å². The largest absolute Gasteiger partial charge is 0.457 e. The number of nitrogens with zero attached hydrogens (tertiary/aromatic N) is 6. The highest BCUT2D eigenvalue weighted by Crippen LogP contribution is 2.34. The van der Waals surface area contributed by atoms with Crippen molar-refractivity contribution >= 4 is 33.7 Å². The second kappa shape index (κ2) is 16.4. The molecule has 2 aliphatic rings. The maximum Gasteiger partial charge on any atom is 0.148 e. The van der Waals surface area contributed by atoms with E-state index in [4.69, 9.17) is 24.2 Å². The molecule has 0 saturated carbocycles. The number of fused-ring (bicyclic) bond motifs is 2. The minimum atomic E-state index is 0.521. The molecular weight excluding hydrogens is 673 g/mol. The van der Waals surface area contributed by atoms with Gasteiger partial charge in [-0.3, -0.25) is 9.97 Å². The molecule has 272 valence electrons. The number of benzene rings is 5. The van der Waals surface area contributed by atoms with E-state index in [2.05, 4.69) is 94.3 Å².